The highest BCUT2D eigenvalue weighted by molar-refractivity contribution is 7.89. The number of carbonyl (C=O) groups excluding carboxylic acids is 1. The van der Waals surface area contributed by atoms with Gasteiger partial charge in [0.2, 0.25) is 5.76 Å². The second-order valence-corrected chi connectivity index (χ2v) is 10.6. The molecule has 0 aliphatic rings. The number of aryl methyl sites for hydroxylation is 1. The average molecular weight is 508 g/mol. The van der Waals surface area contributed by atoms with Crippen molar-refractivity contribution in [1.82, 2.24) is 4.31 Å². The van der Waals surface area contributed by atoms with Crippen LogP contribution < -0.4 is 4.74 Å². The number of esters is 1. The Morgan fingerprint density at radius 3 is 2.08 bits per heavy atom. The largest absolute Gasteiger partial charge is 0.464 e. The van der Waals surface area contributed by atoms with Crippen molar-refractivity contribution in [2.45, 2.75) is 25.7 Å². The molecule has 1 heterocycles. The van der Waals surface area contributed by atoms with Crippen molar-refractivity contribution in [3.63, 3.8) is 0 Å². The van der Waals surface area contributed by atoms with E-state index >= 15 is 0 Å². The summed E-state index contributed by atoms with van der Waals surface area (Å²) < 4.78 is 37.2. The van der Waals surface area contributed by atoms with Gasteiger partial charge in [-0.1, -0.05) is 56.3 Å². The van der Waals surface area contributed by atoms with Gasteiger partial charge in [-0.3, -0.25) is 0 Å². The lowest BCUT2D eigenvalue weighted by Gasteiger charge is -2.21. The summed E-state index contributed by atoms with van der Waals surface area (Å²) in [5.41, 5.74) is 2.79. The summed E-state index contributed by atoms with van der Waals surface area (Å²) in [7, 11) is -4.19. The molecular weight excluding hydrogens is 482 g/mol. The zero-order valence-corrected chi connectivity index (χ0v) is 20.8. The summed E-state index contributed by atoms with van der Waals surface area (Å²) in [4.78, 5) is 24.0. The number of hydrogen-bond donors (Lipinski definition) is 1. The lowest BCUT2D eigenvalue weighted by molar-refractivity contribution is 0.0702. The Morgan fingerprint density at radius 1 is 0.944 bits per heavy atom. The first-order valence-electron chi connectivity index (χ1n) is 11.2. The van der Waals surface area contributed by atoms with Crippen LogP contribution in [0.4, 0.5) is 4.79 Å². The number of amides is 1. The van der Waals surface area contributed by atoms with Crippen LogP contribution in [-0.4, -0.2) is 36.4 Å². The predicted octanol–water partition coefficient (Wildman–Crippen LogP) is 5.95. The van der Waals surface area contributed by atoms with E-state index in [0.29, 0.717) is 26.8 Å². The van der Waals surface area contributed by atoms with E-state index in [1.807, 2.05) is 18.2 Å². The number of furan rings is 1. The van der Waals surface area contributed by atoms with Gasteiger partial charge in [0.1, 0.15) is 11.3 Å². The molecule has 1 amide bonds. The van der Waals surface area contributed by atoms with Gasteiger partial charge in [0, 0.05) is 17.5 Å². The first-order valence-corrected chi connectivity index (χ1v) is 12.7. The van der Waals surface area contributed by atoms with Crippen LogP contribution in [0.3, 0.4) is 0 Å². The minimum absolute atomic E-state index is 0.110. The molecule has 0 aliphatic carbocycles. The van der Waals surface area contributed by atoms with Crippen molar-refractivity contribution in [2.24, 2.45) is 5.92 Å². The summed E-state index contributed by atoms with van der Waals surface area (Å²) in [5.74, 6) is -0.285. The van der Waals surface area contributed by atoms with E-state index in [0.717, 1.165) is 10.9 Å². The molecular formula is C27H25NO7S. The molecule has 0 atom stereocenters. The van der Waals surface area contributed by atoms with Crippen molar-refractivity contribution in [3.8, 4) is 16.9 Å². The molecule has 186 valence electrons. The number of benzene rings is 3. The van der Waals surface area contributed by atoms with Gasteiger partial charge < -0.3 is 14.3 Å². The van der Waals surface area contributed by atoms with E-state index in [2.05, 4.69) is 0 Å². The smallest absolute Gasteiger partial charge is 0.421 e. The van der Waals surface area contributed by atoms with Crippen molar-refractivity contribution in [2.75, 3.05) is 6.54 Å². The summed E-state index contributed by atoms with van der Waals surface area (Å²) in [5, 5.41) is 10.2. The summed E-state index contributed by atoms with van der Waals surface area (Å²) in [6.45, 7) is 5.15. The maximum atomic E-state index is 12.8. The Hall–Kier alpha value is -4.11. The predicted molar refractivity (Wildman–Crippen MR) is 135 cm³/mol. The number of rotatable bonds is 7. The Bertz CT molecular complexity index is 1520. The molecule has 0 radical (unpaired) electrons. The lowest BCUT2D eigenvalue weighted by atomic mass is 10.1. The summed E-state index contributed by atoms with van der Waals surface area (Å²) in [6.07, 6.45) is -1.52. The second-order valence-electron chi connectivity index (χ2n) is 8.70. The molecule has 1 N–H and O–H groups in total. The van der Waals surface area contributed by atoms with E-state index in [4.69, 9.17) is 9.15 Å². The van der Waals surface area contributed by atoms with E-state index in [1.54, 1.807) is 63.2 Å². The van der Waals surface area contributed by atoms with E-state index in [-0.39, 0.29) is 23.1 Å². The van der Waals surface area contributed by atoms with Gasteiger partial charge >= 0.3 is 12.1 Å². The number of carbonyl (C=O) groups is 2. The highest BCUT2D eigenvalue weighted by Gasteiger charge is 2.29. The van der Waals surface area contributed by atoms with Crippen molar-refractivity contribution >= 4 is 33.1 Å². The second kappa shape index (κ2) is 9.87. The number of para-hydroxylation sites is 1. The third kappa shape index (κ3) is 4.96. The van der Waals surface area contributed by atoms with Crippen molar-refractivity contribution in [3.05, 3.63) is 84.1 Å². The molecule has 9 heteroatoms. The Kier molecular flexibility index (Phi) is 6.85. The minimum atomic E-state index is -4.19. The van der Waals surface area contributed by atoms with Crippen LogP contribution >= 0.6 is 0 Å². The molecule has 0 saturated heterocycles. The number of nitrogens with zero attached hydrogens (tertiary/aromatic N) is 1. The fraction of sp³-hybridized carbons (Fsp3) is 0.185. The van der Waals surface area contributed by atoms with E-state index in [9.17, 15) is 23.1 Å². The first kappa shape index (κ1) is 25.0. The highest BCUT2D eigenvalue weighted by atomic mass is 32.2. The maximum Gasteiger partial charge on any atom is 0.421 e. The number of carboxylic acid groups (broad SMARTS) is 1. The van der Waals surface area contributed by atoms with Gasteiger partial charge in [-0.15, -0.1) is 0 Å². The molecule has 36 heavy (non-hydrogen) atoms. The SMILES string of the molecule is Cc1c(C(=O)Oc2ccc(-c3ccc(S(=O)(=O)N(CC(C)C)C(=O)O)cc3)cc2)oc2ccccc12. The van der Waals surface area contributed by atoms with Crippen LogP contribution in [-0.2, 0) is 10.0 Å². The van der Waals surface area contributed by atoms with Gasteiger partial charge in [-0.2, -0.15) is 0 Å². The fourth-order valence-corrected chi connectivity index (χ4v) is 5.23. The van der Waals surface area contributed by atoms with Crippen LogP contribution in [0.1, 0.15) is 30.0 Å². The third-order valence-electron chi connectivity index (χ3n) is 5.61. The molecule has 1 aromatic heterocycles. The van der Waals surface area contributed by atoms with Gasteiger partial charge in [0.05, 0.1) is 4.90 Å². The molecule has 0 spiro atoms. The highest BCUT2D eigenvalue weighted by Crippen LogP contribution is 2.28. The molecule has 0 saturated carbocycles. The molecule has 0 fully saturated rings. The van der Waals surface area contributed by atoms with Crippen LogP contribution in [0, 0.1) is 12.8 Å². The van der Waals surface area contributed by atoms with Gasteiger partial charge in [0.25, 0.3) is 10.0 Å². The van der Waals surface area contributed by atoms with Crippen LogP contribution in [0.15, 0.2) is 82.1 Å². The summed E-state index contributed by atoms with van der Waals surface area (Å²) >= 11 is 0. The standard InChI is InChI=1S/C27H25NO7S/c1-17(2)16-28(27(30)31)36(32,33)22-14-10-20(11-15-22)19-8-12-21(13-9-19)34-26(29)25-18(3)23-6-4-5-7-24(23)35-25/h4-15,17H,16H2,1-3H3,(H,30,31). The number of sulfonamides is 1. The van der Waals surface area contributed by atoms with Crippen LogP contribution in [0.2, 0.25) is 0 Å². The Morgan fingerprint density at radius 2 is 1.53 bits per heavy atom. The van der Waals surface area contributed by atoms with Crippen molar-refractivity contribution in [1.29, 1.82) is 0 Å². The van der Waals surface area contributed by atoms with E-state index < -0.39 is 22.1 Å². The molecule has 0 bridgehead atoms. The van der Waals surface area contributed by atoms with Gasteiger partial charge in [-0.05, 0) is 54.3 Å². The summed E-state index contributed by atoms with van der Waals surface area (Å²) in [6, 6.07) is 20.0. The van der Waals surface area contributed by atoms with Crippen LogP contribution in [0.5, 0.6) is 5.75 Å². The lowest BCUT2D eigenvalue weighted by Crippen LogP contribution is -2.38. The Balaban J connectivity index is 1.50. The normalized spacial score (nSPS) is 11.6. The number of fused-ring (bicyclic) bond motifs is 1. The molecule has 0 aliphatic heterocycles. The molecule has 3 aromatic carbocycles. The monoisotopic (exact) mass is 507 g/mol. The third-order valence-corrected chi connectivity index (χ3v) is 7.37. The average Bonchev–Trinajstić information content (AvgIpc) is 3.19. The quantitative estimate of drug-likeness (QED) is 0.243. The maximum absolute atomic E-state index is 12.8. The number of ether oxygens (including phenoxy) is 1. The fourth-order valence-electron chi connectivity index (χ4n) is 3.80. The number of hydrogen-bond acceptors (Lipinski definition) is 6. The molecule has 0 unspecified atom stereocenters. The van der Waals surface area contributed by atoms with Crippen molar-refractivity contribution < 1.29 is 32.3 Å². The molecule has 8 nitrogen and oxygen atoms in total. The topological polar surface area (TPSA) is 114 Å². The zero-order valence-electron chi connectivity index (χ0n) is 20.0. The zero-order chi connectivity index (χ0) is 26.0. The minimum Gasteiger partial charge on any atom is -0.464 e. The van der Waals surface area contributed by atoms with Crippen LogP contribution in [0.25, 0.3) is 22.1 Å². The Labute approximate surface area is 208 Å². The van der Waals surface area contributed by atoms with Gasteiger partial charge in [-0.25, -0.2) is 22.3 Å². The first-order chi connectivity index (χ1) is 17.1. The molecule has 4 rings (SSSR count). The molecule has 4 aromatic rings. The van der Waals surface area contributed by atoms with Gasteiger partial charge in [0.15, 0.2) is 0 Å². The van der Waals surface area contributed by atoms with E-state index in [1.165, 1.54) is 12.1 Å².